The van der Waals surface area contributed by atoms with Crippen LogP contribution < -0.4 is 0 Å². The smallest absolute Gasteiger partial charge is 0.0679 e. The van der Waals surface area contributed by atoms with Crippen molar-refractivity contribution in [3.05, 3.63) is 0 Å². The highest BCUT2D eigenvalue weighted by Gasteiger charge is 2.19. The summed E-state index contributed by atoms with van der Waals surface area (Å²) in [6.07, 6.45) is 0.908. The van der Waals surface area contributed by atoms with E-state index in [1.807, 2.05) is 13.8 Å². The molecule has 1 fully saturated rings. The predicted octanol–water partition coefficient (Wildman–Crippen LogP) is 1.74. The SMILES string of the molecule is CC.CC(C)CN1CCC(O)C1. The summed E-state index contributed by atoms with van der Waals surface area (Å²) in [6.45, 7) is 11.5. The Kier molecular flexibility index (Phi) is 6.39. The minimum absolute atomic E-state index is 0.0567. The molecule has 1 heterocycles. The summed E-state index contributed by atoms with van der Waals surface area (Å²) in [5.41, 5.74) is 0. The maximum atomic E-state index is 9.17. The van der Waals surface area contributed by atoms with E-state index in [2.05, 4.69) is 18.7 Å². The van der Waals surface area contributed by atoms with Gasteiger partial charge in [0.2, 0.25) is 0 Å². The standard InChI is InChI=1S/C8H17NO.C2H6/c1-7(2)5-9-4-3-8(10)6-9;1-2/h7-8,10H,3-6H2,1-2H3;1-2H3. The van der Waals surface area contributed by atoms with Crippen molar-refractivity contribution in [1.82, 2.24) is 4.90 Å². The van der Waals surface area contributed by atoms with Gasteiger partial charge in [-0.25, -0.2) is 0 Å². The van der Waals surface area contributed by atoms with Crippen molar-refractivity contribution in [3.63, 3.8) is 0 Å². The Labute approximate surface area is 76.6 Å². The average Bonchev–Trinajstić information content (AvgIpc) is 2.39. The molecule has 0 saturated carbocycles. The van der Waals surface area contributed by atoms with Gasteiger partial charge in [0.1, 0.15) is 0 Å². The van der Waals surface area contributed by atoms with E-state index in [9.17, 15) is 5.11 Å². The molecule has 0 aromatic heterocycles. The van der Waals surface area contributed by atoms with E-state index >= 15 is 0 Å². The Morgan fingerprint density at radius 1 is 1.42 bits per heavy atom. The summed E-state index contributed by atoms with van der Waals surface area (Å²) in [5, 5.41) is 9.17. The van der Waals surface area contributed by atoms with Crippen molar-refractivity contribution in [1.29, 1.82) is 0 Å². The molecule has 12 heavy (non-hydrogen) atoms. The Balaban J connectivity index is 0.000000561. The van der Waals surface area contributed by atoms with Crippen molar-refractivity contribution < 1.29 is 5.11 Å². The van der Waals surface area contributed by atoms with Crippen molar-refractivity contribution in [2.24, 2.45) is 5.92 Å². The monoisotopic (exact) mass is 173 g/mol. The van der Waals surface area contributed by atoms with Crippen molar-refractivity contribution in [3.8, 4) is 0 Å². The van der Waals surface area contributed by atoms with Crippen molar-refractivity contribution in [2.75, 3.05) is 19.6 Å². The lowest BCUT2D eigenvalue weighted by atomic mass is 10.2. The summed E-state index contributed by atoms with van der Waals surface area (Å²) in [7, 11) is 0. The number of hydrogen-bond donors (Lipinski definition) is 1. The molecule has 1 aliphatic heterocycles. The maximum Gasteiger partial charge on any atom is 0.0679 e. The van der Waals surface area contributed by atoms with Crippen molar-refractivity contribution in [2.45, 2.75) is 40.2 Å². The molecule has 0 amide bonds. The van der Waals surface area contributed by atoms with Crippen LogP contribution in [-0.2, 0) is 0 Å². The Hall–Kier alpha value is -0.0800. The lowest BCUT2D eigenvalue weighted by Gasteiger charge is -2.16. The summed E-state index contributed by atoms with van der Waals surface area (Å²) < 4.78 is 0. The molecule has 0 bridgehead atoms. The Morgan fingerprint density at radius 3 is 2.33 bits per heavy atom. The van der Waals surface area contributed by atoms with Crippen LogP contribution in [0.2, 0.25) is 0 Å². The van der Waals surface area contributed by atoms with E-state index in [-0.39, 0.29) is 6.10 Å². The van der Waals surface area contributed by atoms with Crippen LogP contribution in [0, 0.1) is 5.92 Å². The summed E-state index contributed by atoms with van der Waals surface area (Å²) in [6, 6.07) is 0. The first kappa shape index (κ1) is 11.9. The quantitative estimate of drug-likeness (QED) is 0.687. The van der Waals surface area contributed by atoms with Crippen LogP contribution in [-0.4, -0.2) is 35.7 Å². The molecule has 1 saturated heterocycles. The van der Waals surface area contributed by atoms with Gasteiger partial charge in [0.15, 0.2) is 0 Å². The predicted molar refractivity (Wildman–Crippen MR) is 53.2 cm³/mol. The average molecular weight is 173 g/mol. The fourth-order valence-electron chi connectivity index (χ4n) is 1.49. The first-order valence-electron chi connectivity index (χ1n) is 5.09. The maximum absolute atomic E-state index is 9.17. The van der Waals surface area contributed by atoms with Gasteiger partial charge in [-0.15, -0.1) is 0 Å². The molecule has 0 spiro atoms. The number of β-amino-alcohol motifs (C(OH)–C–C–N with tert-alkyl or cyclic N) is 1. The number of hydrogen-bond acceptors (Lipinski definition) is 2. The van der Waals surface area contributed by atoms with Gasteiger partial charge in [0.25, 0.3) is 0 Å². The van der Waals surface area contributed by atoms with Crippen LogP contribution >= 0.6 is 0 Å². The number of aliphatic hydroxyl groups is 1. The minimum atomic E-state index is -0.0567. The van der Waals surface area contributed by atoms with Gasteiger partial charge in [0, 0.05) is 19.6 Å². The normalized spacial score (nSPS) is 24.0. The highest BCUT2D eigenvalue weighted by atomic mass is 16.3. The van der Waals surface area contributed by atoms with Crippen LogP contribution in [0.3, 0.4) is 0 Å². The summed E-state index contributed by atoms with van der Waals surface area (Å²) in [5.74, 6) is 0.727. The number of rotatable bonds is 2. The van der Waals surface area contributed by atoms with Gasteiger partial charge in [-0.2, -0.15) is 0 Å². The highest BCUT2D eigenvalue weighted by Crippen LogP contribution is 2.10. The Bertz CT molecular complexity index is 104. The van der Waals surface area contributed by atoms with Gasteiger partial charge in [-0.1, -0.05) is 27.7 Å². The number of aliphatic hydroxyl groups excluding tert-OH is 1. The van der Waals surface area contributed by atoms with Gasteiger partial charge < -0.3 is 10.0 Å². The third-order valence-corrected chi connectivity index (χ3v) is 1.87. The summed E-state index contributed by atoms with van der Waals surface area (Å²) >= 11 is 0. The van der Waals surface area contributed by atoms with E-state index in [1.165, 1.54) is 0 Å². The highest BCUT2D eigenvalue weighted by molar-refractivity contribution is 4.74. The topological polar surface area (TPSA) is 23.5 Å². The Morgan fingerprint density at radius 2 is 2.00 bits per heavy atom. The number of likely N-dealkylation sites (tertiary alicyclic amines) is 1. The molecular weight excluding hydrogens is 150 g/mol. The molecule has 0 aromatic rings. The molecule has 0 aliphatic carbocycles. The zero-order chi connectivity index (χ0) is 9.56. The molecule has 2 nitrogen and oxygen atoms in total. The largest absolute Gasteiger partial charge is 0.392 e. The van der Waals surface area contributed by atoms with Gasteiger partial charge in [0.05, 0.1) is 6.10 Å². The molecule has 1 rings (SSSR count). The van der Waals surface area contributed by atoms with Crippen LogP contribution in [0.1, 0.15) is 34.1 Å². The molecule has 74 valence electrons. The first-order valence-corrected chi connectivity index (χ1v) is 5.09. The van der Waals surface area contributed by atoms with Crippen LogP contribution in [0.5, 0.6) is 0 Å². The molecule has 1 aliphatic rings. The molecule has 1 atom stereocenters. The molecule has 1 unspecified atom stereocenters. The lowest BCUT2D eigenvalue weighted by Crippen LogP contribution is -2.26. The minimum Gasteiger partial charge on any atom is -0.392 e. The fraction of sp³-hybridized carbons (Fsp3) is 1.00. The molecule has 0 radical (unpaired) electrons. The molecular formula is C10H23NO. The van der Waals surface area contributed by atoms with E-state index in [1.54, 1.807) is 0 Å². The van der Waals surface area contributed by atoms with E-state index in [0.29, 0.717) is 0 Å². The summed E-state index contributed by atoms with van der Waals surface area (Å²) in [4.78, 5) is 2.33. The molecule has 1 N–H and O–H groups in total. The van der Waals surface area contributed by atoms with Crippen LogP contribution in [0.4, 0.5) is 0 Å². The first-order chi connectivity index (χ1) is 5.68. The lowest BCUT2D eigenvalue weighted by molar-refractivity contribution is 0.172. The second-order valence-electron chi connectivity index (χ2n) is 3.60. The van der Waals surface area contributed by atoms with Gasteiger partial charge in [-0.3, -0.25) is 0 Å². The van der Waals surface area contributed by atoms with Gasteiger partial charge >= 0.3 is 0 Å². The van der Waals surface area contributed by atoms with Crippen molar-refractivity contribution >= 4 is 0 Å². The van der Waals surface area contributed by atoms with E-state index in [0.717, 1.165) is 32.0 Å². The van der Waals surface area contributed by atoms with Crippen LogP contribution in [0.25, 0.3) is 0 Å². The number of nitrogens with zero attached hydrogens (tertiary/aromatic N) is 1. The van der Waals surface area contributed by atoms with Gasteiger partial charge in [-0.05, 0) is 12.3 Å². The second kappa shape index (κ2) is 6.44. The third-order valence-electron chi connectivity index (χ3n) is 1.87. The molecule has 0 aromatic carbocycles. The second-order valence-corrected chi connectivity index (χ2v) is 3.60. The zero-order valence-electron chi connectivity index (χ0n) is 8.88. The third kappa shape index (κ3) is 4.73. The van der Waals surface area contributed by atoms with Crippen LogP contribution in [0.15, 0.2) is 0 Å². The van der Waals surface area contributed by atoms with E-state index in [4.69, 9.17) is 0 Å². The zero-order valence-corrected chi connectivity index (χ0v) is 8.88. The fourth-order valence-corrected chi connectivity index (χ4v) is 1.49. The van der Waals surface area contributed by atoms with E-state index < -0.39 is 0 Å². The molecule has 2 heteroatoms.